The predicted octanol–water partition coefficient (Wildman–Crippen LogP) is -0.856. The first-order chi connectivity index (χ1) is 4.74. The second kappa shape index (κ2) is 5.37. The van der Waals surface area contributed by atoms with Gasteiger partial charge < -0.3 is 0 Å². The Morgan fingerprint density at radius 2 is 1.70 bits per heavy atom. The normalized spacial score (nSPS) is 11.9. The van der Waals surface area contributed by atoms with E-state index < -0.39 is 5.97 Å². The standard InChI is InChI=1S/C5H11O4.In.2H/c1-7-4-5(6,8-2)9-3;;;/h4H2,1-3H3;;;/q-1;+1;;. The van der Waals surface area contributed by atoms with Gasteiger partial charge in [-0.2, -0.15) is 0 Å². The molecule has 0 N–H and O–H groups in total. The molecule has 0 aromatic rings. The van der Waals surface area contributed by atoms with E-state index >= 15 is 0 Å². The van der Waals surface area contributed by atoms with Gasteiger partial charge in [-0.05, 0) is 0 Å². The van der Waals surface area contributed by atoms with Crippen LogP contribution in [0.1, 0.15) is 0 Å². The van der Waals surface area contributed by atoms with Gasteiger partial charge in [-0.3, -0.25) is 0 Å². The molecule has 0 spiro atoms. The maximum atomic E-state index is 5.12. The topological polar surface area (TPSA) is 36.9 Å². The summed E-state index contributed by atoms with van der Waals surface area (Å²) in [5.74, 6) is -0.954. The minimum absolute atomic E-state index is 0.0671. The van der Waals surface area contributed by atoms with E-state index in [2.05, 4.69) is 0 Å². The molecule has 0 aromatic carbocycles. The molecule has 0 aliphatic heterocycles. The Bertz CT molecular complexity index is 75.5. The van der Waals surface area contributed by atoms with Gasteiger partial charge in [-0.15, -0.1) is 0 Å². The summed E-state index contributed by atoms with van der Waals surface area (Å²) >= 11 is 0.0671. The second-order valence-electron chi connectivity index (χ2n) is 1.73. The molecule has 0 amide bonds. The van der Waals surface area contributed by atoms with Gasteiger partial charge in [-0.1, -0.05) is 0 Å². The molecule has 4 nitrogen and oxygen atoms in total. The molecular weight excluding hydrogens is 239 g/mol. The number of methoxy groups -OCH3 is 3. The summed E-state index contributed by atoms with van der Waals surface area (Å²) in [4.78, 5) is 0. The summed E-state index contributed by atoms with van der Waals surface area (Å²) in [6.45, 7) is 0.299. The maximum absolute atomic E-state index is 5.12. The van der Waals surface area contributed by atoms with E-state index in [0.29, 0.717) is 6.61 Å². The Morgan fingerprint density at radius 1 is 1.20 bits per heavy atom. The second-order valence-corrected chi connectivity index (χ2v) is 2.89. The Morgan fingerprint density at radius 3 is 1.80 bits per heavy atom. The molecule has 60 valence electrons. The van der Waals surface area contributed by atoms with Crippen LogP contribution < -0.4 is 0 Å². The molecule has 0 rings (SSSR count). The predicted molar refractivity (Wildman–Crippen MR) is 38.3 cm³/mol. The van der Waals surface area contributed by atoms with Crippen LogP contribution in [-0.2, 0) is 17.1 Å². The summed E-state index contributed by atoms with van der Waals surface area (Å²) < 4.78 is 19.9. The molecule has 0 atom stereocenters. The van der Waals surface area contributed by atoms with Crippen LogP contribution in [0.2, 0.25) is 0 Å². The van der Waals surface area contributed by atoms with Crippen molar-refractivity contribution in [3.8, 4) is 0 Å². The molecule has 0 saturated carbocycles. The number of hydrogen-bond donors (Lipinski definition) is 0. The summed E-state index contributed by atoms with van der Waals surface area (Å²) in [6, 6.07) is 0. The first kappa shape index (κ1) is 10.7. The molecule has 0 aliphatic rings. The molecule has 0 radical (unpaired) electrons. The third-order valence-corrected chi connectivity index (χ3v) is 3.03. The summed E-state index contributed by atoms with van der Waals surface area (Å²) in [5.41, 5.74) is 0. The van der Waals surface area contributed by atoms with Crippen LogP contribution in [0.25, 0.3) is 0 Å². The van der Waals surface area contributed by atoms with Gasteiger partial charge in [0.2, 0.25) is 0 Å². The van der Waals surface area contributed by atoms with E-state index in [1.807, 2.05) is 0 Å². The molecular formula is C5H13InO4. The van der Waals surface area contributed by atoms with Gasteiger partial charge in [0.05, 0.1) is 0 Å². The van der Waals surface area contributed by atoms with Crippen LogP contribution in [0.4, 0.5) is 0 Å². The first-order valence-electron chi connectivity index (χ1n) is 2.89. The van der Waals surface area contributed by atoms with E-state index in [0.717, 1.165) is 0 Å². The Labute approximate surface area is 76.0 Å². The first-order valence-corrected chi connectivity index (χ1v) is 5.22. The zero-order valence-electron chi connectivity index (χ0n) is 6.84. The zero-order chi connectivity index (χ0) is 8.04. The van der Waals surface area contributed by atoms with E-state index in [-0.39, 0.29) is 24.8 Å². The van der Waals surface area contributed by atoms with Crippen LogP contribution in [0.5, 0.6) is 0 Å². The van der Waals surface area contributed by atoms with Crippen molar-refractivity contribution in [2.24, 2.45) is 0 Å². The Balaban J connectivity index is 3.87. The molecule has 10 heavy (non-hydrogen) atoms. The van der Waals surface area contributed by atoms with E-state index in [1.54, 1.807) is 7.11 Å². The third kappa shape index (κ3) is 2.75. The van der Waals surface area contributed by atoms with Crippen LogP contribution in [0, 0.1) is 0 Å². The van der Waals surface area contributed by atoms with Gasteiger partial charge in [0.25, 0.3) is 0 Å². The fourth-order valence-electron chi connectivity index (χ4n) is 0.604. The van der Waals surface area contributed by atoms with Crippen molar-refractivity contribution in [3.63, 3.8) is 0 Å². The summed E-state index contributed by atoms with van der Waals surface area (Å²) in [6.07, 6.45) is 0. The van der Waals surface area contributed by atoms with Crippen molar-refractivity contribution >= 4 is 24.8 Å². The van der Waals surface area contributed by atoms with E-state index in [4.69, 9.17) is 17.1 Å². The molecule has 0 fully saturated rings. The van der Waals surface area contributed by atoms with Crippen molar-refractivity contribution in [1.29, 1.82) is 0 Å². The molecule has 0 saturated heterocycles. The molecule has 5 heteroatoms. The van der Waals surface area contributed by atoms with Crippen molar-refractivity contribution in [3.05, 3.63) is 0 Å². The molecule has 0 aliphatic carbocycles. The number of hydrogen-bond acceptors (Lipinski definition) is 4. The summed E-state index contributed by atoms with van der Waals surface area (Å²) in [7, 11) is 4.62. The van der Waals surface area contributed by atoms with E-state index in [1.165, 1.54) is 14.2 Å². The number of ether oxygens (including phenoxy) is 3. The Hall–Kier alpha value is 0.710. The number of rotatable bonds is 5. The quantitative estimate of drug-likeness (QED) is 0.597. The van der Waals surface area contributed by atoms with Crippen LogP contribution in [-0.4, -0.2) is 58.7 Å². The molecule has 0 heterocycles. The van der Waals surface area contributed by atoms with Crippen LogP contribution in [0.3, 0.4) is 0 Å². The van der Waals surface area contributed by atoms with Crippen LogP contribution >= 0.6 is 0 Å². The third-order valence-electron chi connectivity index (χ3n) is 1.25. The van der Waals surface area contributed by atoms with Crippen molar-refractivity contribution in [1.82, 2.24) is 0 Å². The SMILES string of the molecule is COCC(OC)(OC)[O][InH2]. The average Bonchev–Trinajstić information content (AvgIpc) is 2.01. The van der Waals surface area contributed by atoms with Crippen molar-refractivity contribution < 1.29 is 17.1 Å². The van der Waals surface area contributed by atoms with Gasteiger partial charge in [0.1, 0.15) is 0 Å². The monoisotopic (exact) mass is 252 g/mol. The van der Waals surface area contributed by atoms with Gasteiger partial charge in [-0.25, -0.2) is 0 Å². The van der Waals surface area contributed by atoms with Crippen LogP contribution in [0.15, 0.2) is 0 Å². The molecule has 0 bridgehead atoms. The molecule has 0 unspecified atom stereocenters. The van der Waals surface area contributed by atoms with Crippen molar-refractivity contribution in [2.75, 3.05) is 27.9 Å². The van der Waals surface area contributed by atoms with Gasteiger partial charge in [0.15, 0.2) is 0 Å². The fourth-order valence-corrected chi connectivity index (χ4v) is 1.89. The van der Waals surface area contributed by atoms with Gasteiger partial charge in [0, 0.05) is 0 Å². The Kier molecular flexibility index (Phi) is 5.75. The fraction of sp³-hybridized carbons (Fsp3) is 1.00. The van der Waals surface area contributed by atoms with Crippen molar-refractivity contribution in [2.45, 2.75) is 5.97 Å². The minimum atomic E-state index is -0.954. The zero-order valence-corrected chi connectivity index (χ0v) is 12.5. The van der Waals surface area contributed by atoms with Gasteiger partial charge >= 0.3 is 75.8 Å². The van der Waals surface area contributed by atoms with E-state index in [9.17, 15) is 0 Å². The average molecular weight is 252 g/mol. The molecule has 0 aromatic heterocycles. The summed E-state index contributed by atoms with van der Waals surface area (Å²) in [5, 5.41) is 0.